The van der Waals surface area contributed by atoms with Crippen LogP contribution in [-0.2, 0) is 9.53 Å². The Kier molecular flexibility index (Phi) is 4.70. The van der Waals surface area contributed by atoms with Crippen molar-refractivity contribution in [3.8, 4) is 0 Å². The highest BCUT2D eigenvalue weighted by molar-refractivity contribution is 5.97. The van der Waals surface area contributed by atoms with Crippen molar-refractivity contribution in [3.05, 3.63) is 35.7 Å². The van der Waals surface area contributed by atoms with Crippen LogP contribution in [0.25, 0.3) is 6.08 Å². The van der Waals surface area contributed by atoms with Crippen molar-refractivity contribution in [2.24, 2.45) is 0 Å². The highest BCUT2D eigenvalue weighted by atomic mass is 16.5. The summed E-state index contributed by atoms with van der Waals surface area (Å²) in [4.78, 5) is 29.0. The second-order valence-electron chi connectivity index (χ2n) is 5.08. The maximum Gasteiger partial charge on any atom is 0.328 e. The molecule has 1 aliphatic heterocycles. The van der Waals surface area contributed by atoms with E-state index in [0.29, 0.717) is 18.7 Å². The average Bonchev–Trinajstić information content (AvgIpc) is 2.43. The Morgan fingerprint density at radius 1 is 1.38 bits per heavy atom. The van der Waals surface area contributed by atoms with Gasteiger partial charge in [-0.3, -0.25) is 9.78 Å². The van der Waals surface area contributed by atoms with Crippen LogP contribution < -0.4 is 0 Å². The van der Waals surface area contributed by atoms with E-state index in [1.807, 2.05) is 13.8 Å². The molecule has 6 heteroatoms. The first kappa shape index (κ1) is 15.2. The molecule has 1 aromatic rings. The van der Waals surface area contributed by atoms with E-state index in [9.17, 15) is 9.59 Å². The van der Waals surface area contributed by atoms with Crippen molar-refractivity contribution in [2.45, 2.75) is 26.1 Å². The van der Waals surface area contributed by atoms with E-state index in [2.05, 4.69) is 4.98 Å². The zero-order valence-corrected chi connectivity index (χ0v) is 12.0. The van der Waals surface area contributed by atoms with Crippen LogP contribution in [0.3, 0.4) is 0 Å². The molecular weight excluding hydrogens is 272 g/mol. The zero-order valence-electron chi connectivity index (χ0n) is 12.0. The first-order valence-electron chi connectivity index (χ1n) is 6.78. The summed E-state index contributed by atoms with van der Waals surface area (Å²) in [6.45, 7) is 4.84. The van der Waals surface area contributed by atoms with E-state index in [0.717, 1.165) is 6.08 Å². The van der Waals surface area contributed by atoms with Crippen molar-refractivity contribution < 1.29 is 19.4 Å². The number of aliphatic carboxylic acids is 1. The normalized spacial score (nSPS) is 22.5. The third kappa shape index (κ3) is 3.88. The van der Waals surface area contributed by atoms with Gasteiger partial charge in [-0.25, -0.2) is 4.79 Å². The van der Waals surface area contributed by atoms with E-state index in [4.69, 9.17) is 9.84 Å². The van der Waals surface area contributed by atoms with E-state index >= 15 is 0 Å². The Hall–Kier alpha value is -2.21. The Balaban J connectivity index is 2.24. The molecule has 1 fully saturated rings. The van der Waals surface area contributed by atoms with Gasteiger partial charge in [0.05, 0.1) is 12.2 Å². The zero-order chi connectivity index (χ0) is 15.4. The van der Waals surface area contributed by atoms with Gasteiger partial charge < -0.3 is 14.7 Å². The minimum atomic E-state index is -1.06. The highest BCUT2D eigenvalue weighted by Crippen LogP contribution is 2.16. The minimum Gasteiger partial charge on any atom is -0.478 e. The summed E-state index contributed by atoms with van der Waals surface area (Å²) in [5, 5.41) is 8.70. The minimum absolute atomic E-state index is 0.0283. The fourth-order valence-electron chi connectivity index (χ4n) is 2.39. The van der Waals surface area contributed by atoms with Crippen LogP contribution in [0.15, 0.2) is 24.4 Å². The standard InChI is InChI=1S/C15H18N2O4/c1-10-8-17(9-11(2)21-10)15(20)14-12(4-3-7-16-14)5-6-13(18)19/h3-7,10-11H,8-9H2,1-2H3,(H,18,19)/b6-5+. The second kappa shape index (κ2) is 6.49. The molecule has 0 spiro atoms. The molecule has 2 heterocycles. The van der Waals surface area contributed by atoms with Gasteiger partial charge in [0, 0.05) is 30.9 Å². The molecule has 1 aromatic heterocycles. The van der Waals surface area contributed by atoms with Gasteiger partial charge in [0.25, 0.3) is 5.91 Å². The van der Waals surface area contributed by atoms with Crippen molar-refractivity contribution >= 4 is 18.0 Å². The van der Waals surface area contributed by atoms with Crippen LogP contribution in [0, 0.1) is 0 Å². The topological polar surface area (TPSA) is 79.7 Å². The molecule has 1 amide bonds. The van der Waals surface area contributed by atoms with Crippen LogP contribution in [0.2, 0.25) is 0 Å². The fraction of sp³-hybridized carbons (Fsp3) is 0.400. The molecule has 2 rings (SSSR count). The predicted molar refractivity (Wildman–Crippen MR) is 76.8 cm³/mol. The third-order valence-corrected chi connectivity index (χ3v) is 3.15. The third-order valence-electron chi connectivity index (χ3n) is 3.15. The maximum absolute atomic E-state index is 12.6. The number of ether oxygens (including phenoxy) is 1. The summed E-state index contributed by atoms with van der Waals surface area (Å²) in [5.41, 5.74) is 0.757. The van der Waals surface area contributed by atoms with Crippen molar-refractivity contribution in [1.82, 2.24) is 9.88 Å². The van der Waals surface area contributed by atoms with Crippen LogP contribution in [-0.4, -0.2) is 52.2 Å². The SMILES string of the molecule is CC1CN(C(=O)c2ncccc2/C=C/C(=O)O)CC(C)O1. The lowest BCUT2D eigenvalue weighted by Gasteiger charge is -2.35. The largest absolute Gasteiger partial charge is 0.478 e. The summed E-state index contributed by atoms with van der Waals surface area (Å²) in [5.74, 6) is -1.27. The number of amides is 1. The van der Waals surface area contributed by atoms with E-state index in [-0.39, 0.29) is 23.8 Å². The van der Waals surface area contributed by atoms with Gasteiger partial charge in [-0.1, -0.05) is 6.07 Å². The number of morpholine rings is 1. The van der Waals surface area contributed by atoms with E-state index < -0.39 is 5.97 Å². The molecule has 0 aliphatic carbocycles. The van der Waals surface area contributed by atoms with Gasteiger partial charge in [-0.15, -0.1) is 0 Å². The number of carbonyl (C=O) groups excluding carboxylic acids is 1. The average molecular weight is 290 g/mol. The number of carbonyl (C=O) groups is 2. The molecule has 0 saturated carbocycles. The molecule has 1 aliphatic rings. The number of aromatic nitrogens is 1. The fourth-order valence-corrected chi connectivity index (χ4v) is 2.39. The lowest BCUT2D eigenvalue weighted by molar-refractivity contribution is -0.131. The lowest BCUT2D eigenvalue weighted by atomic mass is 10.1. The molecular formula is C15H18N2O4. The van der Waals surface area contributed by atoms with Crippen LogP contribution in [0.1, 0.15) is 29.9 Å². The van der Waals surface area contributed by atoms with Crippen LogP contribution >= 0.6 is 0 Å². The molecule has 1 N–H and O–H groups in total. The van der Waals surface area contributed by atoms with Gasteiger partial charge in [0.2, 0.25) is 0 Å². The summed E-state index contributed by atoms with van der Waals surface area (Å²) in [6.07, 6.45) is 3.85. The van der Waals surface area contributed by atoms with Gasteiger partial charge in [-0.05, 0) is 26.0 Å². The number of carboxylic acid groups (broad SMARTS) is 1. The Morgan fingerprint density at radius 3 is 2.67 bits per heavy atom. The molecule has 21 heavy (non-hydrogen) atoms. The highest BCUT2D eigenvalue weighted by Gasteiger charge is 2.28. The van der Waals surface area contributed by atoms with E-state index in [1.165, 1.54) is 12.3 Å². The number of nitrogens with zero attached hydrogens (tertiary/aromatic N) is 2. The number of pyridine rings is 1. The van der Waals surface area contributed by atoms with Gasteiger partial charge in [0.1, 0.15) is 5.69 Å². The quantitative estimate of drug-likeness (QED) is 0.852. The maximum atomic E-state index is 12.6. The number of rotatable bonds is 3. The number of carboxylic acids is 1. The molecule has 2 unspecified atom stereocenters. The Bertz CT molecular complexity index is 561. The van der Waals surface area contributed by atoms with Crippen LogP contribution in [0.4, 0.5) is 0 Å². The first-order valence-corrected chi connectivity index (χ1v) is 6.78. The molecule has 2 atom stereocenters. The summed E-state index contributed by atoms with van der Waals surface area (Å²) in [6, 6.07) is 3.34. The number of hydrogen-bond donors (Lipinski definition) is 1. The Labute approximate surface area is 123 Å². The van der Waals surface area contributed by atoms with Crippen molar-refractivity contribution in [2.75, 3.05) is 13.1 Å². The molecule has 6 nitrogen and oxygen atoms in total. The van der Waals surface area contributed by atoms with Gasteiger partial charge >= 0.3 is 5.97 Å². The molecule has 0 bridgehead atoms. The Morgan fingerprint density at radius 2 is 2.05 bits per heavy atom. The number of hydrogen-bond acceptors (Lipinski definition) is 4. The predicted octanol–water partition coefficient (Wildman–Crippen LogP) is 1.43. The van der Waals surface area contributed by atoms with Gasteiger partial charge in [-0.2, -0.15) is 0 Å². The monoisotopic (exact) mass is 290 g/mol. The summed E-state index contributed by atoms with van der Waals surface area (Å²) in [7, 11) is 0. The van der Waals surface area contributed by atoms with Crippen LogP contribution in [0.5, 0.6) is 0 Å². The molecule has 0 aromatic carbocycles. The first-order chi connectivity index (χ1) is 9.97. The molecule has 0 radical (unpaired) electrons. The summed E-state index contributed by atoms with van der Waals surface area (Å²) < 4.78 is 5.61. The second-order valence-corrected chi connectivity index (χ2v) is 5.08. The summed E-state index contributed by atoms with van der Waals surface area (Å²) >= 11 is 0. The van der Waals surface area contributed by atoms with Crippen molar-refractivity contribution in [1.29, 1.82) is 0 Å². The molecule has 1 saturated heterocycles. The lowest BCUT2D eigenvalue weighted by Crippen LogP contribution is -2.48. The van der Waals surface area contributed by atoms with E-state index in [1.54, 1.807) is 17.0 Å². The van der Waals surface area contributed by atoms with Gasteiger partial charge in [0.15, 0.2) is 0 Å². The van der Waals surface area contributed by atoms with Crippen molar-refractivity contribution in [3.63, 3.8) is 0 Å². The smallest absolute Gasteiger partial charge is 0.328 e. The molecule has 112 valence electrons.